The molecule has 0 radical (unpaired) electrons. The van der Waals surface area contributed by atoms with Gasteiger partial charge in [0.1, 0.15) is 6.04 Å². The van der Waals surface area contributed by atoms with Gasteiger partial charge >= 0.3 is 0 Å². The molecule has 2 atom stereocenters. The molecule has 0 aliphatic carbocycles. The number of carbonyl (C=O) groups excluding carboxylic acids is 1. The monoisotopic (exact) mass is 240 g/mol. The van der Waals surface area contributed by atoms with Crippen molar-refractivity contribution < 1.29 is 9.53 Å². The fraction of sp³-hybridized carbons (Fsp3) is 0.545. The lowest BCUT2D eigenvalue weighted by Crippen LogP contribution is -2.37. The summed E-state index contributed by atoms with van der Waals surface area (Å²) in [7, 11) is 0. The molecule has 3 N–H and O–H groups in total. The van der Waals surface area contributed by atoms with Crippen LogP contribution in [-0.2, 0) is 9.53 Å². The Bertz CT molecular complexity index is 334. The number of carbonyl (C=O) groups is 1. The van der Waals surface area contributed by atoms with Gasteiger partial charge in [0.15, 0.2) is 0 Å². The molecule has 1 fully saturated rings. The normalized spacial score (nSPS) is 22.1. The van der Waals surface area contributed by atoms with Crippen molar-refractivity contribution in [3.05, 3.63) is 22.4 Å². The summed E-state index contributed by atoms with van der Waals surface area (Å²) in [6, 6.07) is 3.45. The standard InChI is InChI=1S/C11H16N2O2S/c12-11(14)10(9-4-2-6-16-9)13-7-8-3-1-5-15-8/h2,4,6,8,10,13H,1,3,5,7H2,(H2,12,14). The fourth-order valence-corrected chi connectivity index (χ4v) is 2.66. The number of hydrogen-bond donors (Lipinski definition) is 2. The SMILES string of the molecule is NC(=O)C(NCC1CCCO1)c1cccs1. The lowest BCUT2D eigenvalue weighted by molar-refractivity contribution is -0.120. The number of amides is 1. The molecule has 16 heavy (non-hydrogen) atoms. The van der Waals surface area contributed by atoms with Crippen LogP contribution in [0.3, 0.4) is 0 Å². The molecule has 0 bridgehead atoms. The van der Waals surface area contributed by atoms with Crippen molar-refractivity contribution in [3.63, 3.8) is 0 Å². The molecule has 2 heterocycles. The number of nitrogens with one attached hydrogen (secondary N) is 1. The predicted octanol–water partition coefficient (Wildman–Crippen LogP) is 1.04. The van der Waals surface area contributed by atoms with Crippen molar-refractivity contribution in [3.8, 4) is 0 Å². The molecule has 0 aromatic carbocycles. The van der Waals surface area contributed by atoms with Crippen LogP contribution in [0.5, 0.6) is 0 Å². The number of hydrogen-bond acceptors (Lipinski definition) is 4. The highest BCUT2D eigenvalue weighted by Crippen LogP contribution is 2.19. The third-order valence-corrected chi connectivity index (χ3v) is 3.62. The van der Waals surface area contributed by atoms with Crippen LogP contribution in [0.15, 0.2) is 17.5 Å². The van der Waals surface area contributed by atoms with E-state index in [-0.39, 0.29) is 18.1 Å². The van der Waals surface area contributed by atoms with Gasteiger partial charge in [0, 0.05) is 18.0 Å². The second-order valence-electron chi connectivity index (χ2n) is 3.89. The smallest absolute Gasteiger partial charge is 0.239 e. The first-order chi connectivity index (χ1) is 7.77. The Morgan fingerprint density at radius 1 is 1.75 bits per heavy atom. The van der Waals surface area contributed by atoms with Gasteiger partial charge in [-0.1, -0.05) is 6.07 Å². The maximum atomic E-state index is 11.3. The zero-order valence-corrected chi connectivity index (χ0v) is 9.83. The van der Waals surface area contributed by atoms with Crippen molar-refractivity contribution in [2.24, 2.45) is 5.73 Å². The maximum absolute atomic E-state index is 11.3. The fourth-order valence-electron chi connectivity index (χ4n) is 1.85. The van der Waals surface area contributed by atoms with E-state index in [9.17, 15) is 4.79 Å². The Balaban J connectivity index is 1.90. The summed E-state index contributed by atoms with van der Waals surface area (Å²) in [5.41, 5.74) is 5.38. The summed E-state index contributed by atoms with van der Waals surface area (Å²) < 4.78 is 5.49. The number of rotatable bonds is 5. The van der Waals surface area contributed by atoms with E-state index in [1.54, 1.807) is 0 Å². The van der Waals surface area contributed by atoms with Gasteiger partial charge in [0.2, 0.25) is 5.91 Å². The lowest BCUT2D eigenvalue weighted by Gasteiger charge is -2.16. The van der Waals surface area contributed by atoms with E-state index in [0.717, 1.165) is 24.3 Å². The van der Waals surface area contributed by atoms with Gasteiger partial charge in [0.05, 0.1) is 6.10 Å². The quantitative estimate of drug-likeness (QED) is 0.808. The average molecular weight is 240 g/mol. The van der Waals surface area contributed by atoms with E-state index < -0.39 is 0 Å². The van der Waals surface area contributed by atoms with Crippen molar-refractivity contribution in [1.29, 1.82) is 0 Å². The van der Waals surface area contributed by atoms with Crippen LogP contribution in [0.25, 0.3) is 0 Å². The van der Waals surface area contributed by atoms with Gasteiger partial charge in [-0.05, 0) is 24.3 Å². The minimum absolute atomic E-state index is 0.224. The van der Waals surface area contributed by atoms with Gasteiger partial charge in [-0.25, -0.2) is 0 Å². The number of primary amides is 1. The van der Waals surface area contributed by atoms with Crippen LogP contribution in [0.4, 0.5) is 0 Å². The van der Waals surface area contributed by atoms with Gasteiger partial charge in [-0.3, -0.25) is 10.1 Å². The van der Waals surface area contributed by atoms with Crippen LogP contribution in [0, 0.1) is 0 Å². The van der Waals surface area contributed by atoms with Crippen molar-refractivity contribution in [2.45, 2.75) is 25.0 Å². The Morgan fingerprint density at radius 3 is 3.19 bits per heavy atom. The van der Waals surface area contributed by atoms with Gasteiger partial charge in [-0.15, -0.1) is 11.3 Å². The molecular formula is C11H16N2O2S. The van der Waals surface area contributed by atoms with Crippen molar-refractivity contribution in [2.75, 3.05) is 13.2 Å². The molecule has 1 aromatic heterocycles. The lowest BCUT2D eigenvalue weighted by atomic mass is 10.2. The Labute approximate surface area is 98.8 Å². The topological polar surface area (TPSA) is 64.4 Å². The molecule has 1 amide bonds. The Hall–Kier alpha value is -0.910. The van der Waals surface area contributed by atoms with E-state index in [1.165, 1.54) is 11.3 Å². The molecule has 1 saturated heterocycles. The van der Waals surface area contributed by atoms with Crippen LogP contribution in [0.2, 0.25) is 0 Å². The highest BCUT2D eigenvalue weighted by Gasteiger charge is 2.21. The van der Waals surface area contributed by atoms with E-state index >= 15 is 0 Å². The molecule has 5 heteroatoms. The molecule has 1 aliphatic rings. The number of ether oxygens (including phenoxy) is 1. The number of thiophene rings is 1. The van der Waals surface area contributed by atoms with Gasteiger partial charge in [-0.2, -0.15) is 0 Å². The van der Waals surface area contributed by atoms with Crippen LogP contribution >= 0.6 is 11.3 Å². The van der Waals surface area contributed by atoms with Gasteiger partial charge < -0.3 is 10.5 Å². The molecular weight excluding hydrogens is 224 g/mol. The third-order valence-electron chi connectivity index (χ3n) is 2.69. The average Bonchev–Trinajstić information content (AvgIpc) is 2.88. The summed E-state index contributed by atoms with van der Waals surface area (Å²) in [4.78, 5) is 12.3. The molecule has 1 aromatic rings. The summed E-state index contributed by atoms with van der Waals surface area (Å²) >= 11 is 1.54. The predicted molar refractivity (Wildman–Crippen MR) is 63.2 cm³/mol. The molecule has 0 spiro atoms. The highest BCUT2D eigenvalue weighted by atomic mass is 32.1. The summed E-state index contributed by atoms with van der Waals surface area (Å²) in [5.74, 6) is -0.333. The van der Waals surface area contributed by atoms with Crippen molar-refractivity contribution in [1.82, 2.24) is 5.32 Å². The minimum atomic E-state index is -0.385. The van der Waals surface area contributed by atoms with Crippen LogP contribution in [-0.4, -0.2) is 25.2 Å². The zero-order chi connectivity index (χ0) is 11.4. The highest BCUT2D eigenvalue weighted by molar-refractivity contribution is 7.10. The van der Waals surface area contributed by atoms with Crippen molar-refractivity contribution >= 4 is 17.2 Å². The first kappa shape index (κ1) is 11.6. The maximum Gasteiger partial charge on any atom is 0.239 e. The summed E-state index contributed by atoms with van der Waals surface area (Å²) in [6.45, 7) is 1.51. The second-order valence-corrected chi connectivity index (χ2v) is 4.87. The van der Waals surface area contributed by atoms with E-state index in [0.29, 0.717) is 6.54 Å². The first-order valence-corrected chi connectivity index (χ1v) is 6.33. The largest absolute Gasteiger partial charge is 0.377 e. The molecule has 0 saturated carbocycles. The van der Waals surface area contributed by atoms with Gasteiger partial charge in [0.25, 0.3) is 0 Å². The minimum Gasteiger partial charge on any atom is -0.377 e. The second kappa shape index (κ2) is 5.43. The third kappa shape index (κ3) is 2.81. The molecule has 88 valence electrons. The first-order valence-electron chi connectivity index (χ1n) is 5.45. The van der Waals surface area contributed by atoms with Crippen LogP contribution < -0.4 is 11.1 Å². The van der Waals surface area contributed by atoms with E-state index in [4.69, 9.17) is 10.5 Å². The molecule has 4 nitrogen and oxygen atoms in total. The molecule has 1 aliphatic heterocycles. The Morgan fingerprint density at radius 2 is 2.62 bits per heavy atom. The van der Waals surface area contributed by atoms with Crippen LogP contribution in [0.1, 0.15) is 23.8 Å². The van der Waals surface area contributed by atoms with E-state index in [2.05, 4.69) is 5.32 Å². The summed E-state index contributed by atoms with van der Waals surface area (Å²) in [5, 5.41) is 5.12. The molecule has 2 unspecified atom stereocenters. The Kier molecular flexibility index (Phi) is 3.93. The summed E-state index contributed by atoms with van der Waals surface area (Å²) in [6.07, 6.45) is 2.39. The van der Waals surface area contributed by atoms with E-state index in [1.807, 2.05) is 17.5 Å². The zero-order valence-electron chi connectivity index (χ0n) is 9.02. The number of nitrogens with two attached hydrogens (primary N) is 1. The molecule has 2 rings (SSSR count).